The minimum Gasteiger partial charge on any atom is -0.389 e. The number of likely N-dealkylation sites (tertiary alicyclic amines) is 1. The molecule has 0 spiro atoms. The molecule has 0 aromatic heterocycles. The molecule has 1 heterocycles. The minimum absolute atomic E-state index is 0.138. The number of β-amino-alcohol motifs (C(OH)–C–C–N with tert-alkyl or cyclic N) is 1. The second kappa shape index (κ2) is 6.58. The maximum absolute atomic E-state index is 12.7. The van der Waals surface area contributed by atoms with Gasteiger partial charge in [0.15, 0.2) is 0 Å². The molecule has 0 unspecified atom stereocenters. The summed E-state index contributed by atoms with van der Waals surface area (Å²) in [6.07, 6.45) is 0.732. The summed E-state index contributed by atoms with van der Waals surface area (Å²) in [4.78, 5) is 16.6. The molecule has 2 rings (SSSR count). The zero-order chi connectivity index (χ0) is 15.5. The third kappa shape index (κ3) is 4.05. The van der Waals surface area contributed by atoms with Crippen LogP contribution >= 0.6 is 0 Å². The van der Waals surface area contributed by atoms with E-state index in [0.717, 1.165) is 18.5 Å². The van der Waals surface area contributed by atoms with Gasteiger partial charge >= 0.3 is 0 Å². The van der Waals surface area contributed by atoms with Gasteiger partial charge in [0, 0.05) is 26.2 Å². The molecule has 1 saturated heterocycles. The second-order valence-electron chi connectivity index (χ2n) is 6.23. The molecular weight excluding hydrogens is 264 g/mol. The first kappa shape index (κ1) is 16.0. The highest BCUT2D eigenvalue weighted by atomic mass is 16.3. The fourth-order valence-electron chi connectivity index (χ4n) is 2.88. The number of benzene rings is 1. The molecule has 116 valence electrons. The van der Waals surface area contributed by atoms with Crippen LogP contribution in [-0.4, -0.2) is 52.1 Å². The van der Waals surface area contributed by atoms with Gasteiger partial charge in [0.1, 0.15) is 0 Å². The highest BCUT2D eigenvalue weighted by Gasteiger charge is 2.36. The smallest absolute Gasteiger partial charge is 0.239 e. The van der Waals surface area contributed by atoms with Gasteiger partial charge in [-0.1, -0.05) is 30.3 Å². The zero-order valence-electron chi connectivity index (χ0n) is 13.2. The summed E-state index contributed by atoms with van der Waals surface area (Å²) < 4.78 is 0. The van der Waals surface area contributed by atoms with E-state index in [1.165, 1.54) is 0 Å². The third-order valence-electron chi connectivity index (χ3n) is 4.30. The van der Waals surface area contributed by atoms with Gasteiger partial charge in [-0.3, -0.25) is 9.69 Å². The van der Waals surface area contributed by atoms with Crippen LogP contribution in [0.2, 0.25) is 0 Å². The molecule has 0 aliphatic carbocycles. The van der Waals surface area contributed by atoms with Crippen molar-refractivity contribution in [1.29, 1.82) is 0 Å². The molecule has 0 saturated carbocycles. The lowest BCUT2D eigenvalue weighted by Gasteiger charge is -2.30. The average Bonchev–Trinajstić information content (AvgIpc) is 2.84. The van der Waals surface area contributed by atoms with Crippen molar-refractivity contribution in [2.24, 2.45) is 0 Å². The van der Waals surface area contributed by atoms with Gasteiger partial charge in [-0.2, -0.15) is 0 Å². The van der Waals surface area contributed by atoms with Gasteiger partial charge in [0.25, 0.3) is 0 Å². The molecule has 1 aromatic carbocycles. The number of rotatable bonds is 5. The molecule has 1 fully saturated rings. The molecule has 1 aliphatic heterocycles. The maximum Gasteiger partial charge on any atom is 0.239 e. The average molecular weight is 290 g/mol. The topological polar surface area (TPSA) is 43.8 Å². The molecule has 21 heavy (non-hydrogen) atoms. The van der Waals surface area contributed by atoms with Crippen LogP contribution in [0.3, 0.4) is 0 Å². The summed E-state index contributed by atoms with van der Waals surface area (Å²) in [5.74, 6) is 0.138. The molecule has 0 bridgehead atoms. The Morgan fingerprint density at radius 2 is 2.10 bits per heavy atom. The van der Waals surface area contributed by atoms with Crippen molar-refractivity contribution < 1.29 is 9.90 Å². The van der Waals surface area contributed by atoms with Crippen molar-refractivity contribution in [3.63, 3.8) is 0 Å². The minimum atomic E-state index is -0.662. The normalized spacial score (nSPS) is 24.0. The quantitative estimate of drug-likeness (QED) is 0.900. The largest absolute Gasteiger partial charge is 0.389 e. The van der Waals surface area contributed by atoms with Crippen LogP contribution in [0, 0.1) is 0 Å². The number of carbonyl (C=O) groups excluding carboxylic acids is 1. The lowest BCUT2D eigenvalue weighted by Crippen LogP contribution is -2.47. The summed E-state index contributed by atoms with van der Waals surface area (Å²) in [5, 5.41) is 10.1. The highest BCUT2D eigenvalue weighted by Crippen LogP contribution is 2.23. The van der Waals surface area contributed by atoms with Crippen LogP contribution in [0.5, 0.6) is 0 Å². The van der Waals surface area contributed by atoms with E-state index in [4.69, 9.17) is 0 Å². The monoisotopic (exact) mass is 290 g/mol. The summed E-state index contributed by atoms with van der Waals surface area (Å²) in [7, 11) is 0. The van der Waals surface area contributed by atoms with E-state index in [1.807, 2.05) is 56.0 Å². The molecular formula is C17H26N2O2. The summed E-state index contributed by atoms with van der Waals surface area (Å²) in [6, 6.07) is 9.88. The first-order valence-corrected chi connectivity index (χ1v) is 7.72. The van der Waals surface area contributed by atoms with Gasteiger partial charge in [-0.15, -0.1) is 0 Å². The summed E-state index contributed by atoms with van der Waals surface area (Å²) >= 11 is 0. The van der Waals surface area contributed by atoms with Crippen molar-refractivity contribution in [3.8, 4) is 0 Å². The van der Waals surface area contributed by atoms with Crippen LogP contribution in [0.1, 0.15) is 32.8 Å². The molecule has 1 aliphatic rings. The zero-order valence-corrected chi connectivity index (χ0v) is 13.2. The van der Waals surface area contributed by atoms with Crippen molar-refractivity contribution in [2.75, 3.05) is 19.6 Å². The van der Waals surface area contributed by atoms with Gasteiger partial charge in [-0.25, -0.2) is 0 Å². The molecule has 4 nitrogen and oxygen atoms in total. The Labute approximate surface area is 127 Å². The Morgan fingerprint density at radius 1 is 1.43 bits per heavy atom. The number of amides is 1. The number of likely N-dealkylation sites (N-methyl/N-ethyl adjacent to an activating group) is 1. The van der Waals surface area contributed by atoms with E-state index in [1.54, 1.807) is 0 Å². The highest BCUT2D eigenvalue weighted by molar-refractivity contribution is 5.81. The Bertz CT molecular complexity index is 473. The molecule has 2 atom stereocenters. The molecule has 4 heteroatoms. The first-order valence-electron chi connectivity index (χ1n) is 7.72. The van der Waals surface area contributed by atoms with Crippen molar-refractivity contribution in [3.05, 3.63) is 35.9 Å². The van der Waals surface area contributed by atoms with Crippen LogP contribution in [0.25, 0.3) is 0 Å². The SMILES string of the molecule is CCN(Cc1ccccc1)C(=O)[C@@H](C)N1CC[C@@](C)(O)C1. The van der Waals surface area contributed by atoms with Crippen molar-refractivity contribution >= 4 is 5.91 Å². The van der Waals surface area contributed by atoms with Crippen LogP contribution in [0.15, 0.2) is 30.3 Å². The third-order valence-corrected chi connectivity index (χ3v) is 4.30. The number of nitrogens with zero attached hydrogens (tertiary/aromatic N) is 2. The lowest BCUT2D eigenvalue weighted by molar-refractivity contribution is -0.136. The number of hydrogen-bond acceptors (Lipinski definition) is 3. The molecule has 0 radical (unpaired) electrons. The van der Waals surface area contributed by atoms with Crippen LogP contribution in [-0.2, 0) is 11.3 Å². The standard InChI is InChI=1S/C17H26N2O2/c1-4-18(12-15-8-6-5-7-9-15)16(20)14(2)19-11-10-17(3,21)13-19/h5-9,14,21H,4,10-13H2,1-3H3/t14-,17-/m1/s1. The Hall–Kier alpha value is -1.39. The molecule has 1 aromatic rings. The first-order chi connectivity index (χ1) is 9.93. The van der Waals surface area contributed by atoms with E-state index >= 15 is 0 Å². The maximum atomic E-state index is 12.7. The van der Waals surface area contributed by atoms with Gasteiger partial charge in [0.05, 0.1) is 11.6 Å². The Balaban J connectivity index is 1.99. The molecule has 1 N–H and O–H groups in total. The van der Waals surface area contributed by atoms with Crippen molar-refractivity contribution in [1.82, 2.24) is 9.80 Å². The predicted molar refractivity (Wildman–Crippen MR) is 83.8 cm³/mol. The lowest BCUT2D eigenvalue weighted by atomic mass is 10.1. The van der Waals surface area contributed by atoms with Gasteiger partial charge < -0.3 is 10.0 Å². The van der Waals surface area contributed by atoms with Crippen molar-refractivity contribution in [2.45, 2.75) is 45.4 Å². The fraction of sp³-hybridized carbons (Fsp3) is 0.588. The van der Waals surface area contributed by atoms with Gasteiger partial charge in [-0.05, 0) is 32.8 Å². The Kier molecular flexibility index (Phi) is 5.01. The van der Waals surface area contributed by atoms with Crippen LogP contribution < -0.4 is 0 Å². The van der Waals surface area contributed by atoms with E-state index < -0.39 is 5.60 Å². The Morgan fingerprint density at radius 3 is 2.62 bits per heavy atom. The molecule has 1 amide bonds. The van der Waals surface area contributed by atoms with E-state index in [-0.39, 0.29) is 11.9 Å². The van der Waals surface area contributed by atoms with Gasteiger partial charge in [0.2, 0.25) is 5.91 Å². The predicted octanol–water partition coefficient (Wildman–Crippen LogP) is 1.88. The second-order valence-corrected chi connectivity index (χ2v) is 6.23. The van der Waals surface area contributed by atoms with E-state index in [9.17, 15) is 9.90 Å². The number of hydrogen-bond donors (Lipinski definition) is 1. The van der Waals surface area contributed by atoms with Crippen LogP contribution in [0.4, 0.5) is 0 Å². The van der Waals surface area contributed by atoms with E-state index in [2.05, 4.69) is 4.90 Å². The fourth-order valence-corrected chi connectivity index (χ4v) is 2.88. The summed E-state index contributed by atoms with van der Waals surface area (Å²) in [5.41, 5.74) is 0.485. The summed E-state index contributed by atoms with van der Waals surface area (Å²) in [6.45, 7) is 8.48. The van der Waals surface area contributed by atoms with E-state index in [0.29, 0.717) is 19.6 Å². The number of carbonyl (C=O) groups is 1. The number of aliphatic hydroxyl groups is 1.